The SMILES string of the molecule is CC(C)(C)NS(=O)(=O)c1cc(C(=O)NCCO)ccc1F. The van der Waals surface area contributed by atoms with Crippen LogP contribution in [0, 0.1) is 5.82 Å². The summed E-state index contributed by atoms with van der Waals surface area (Å²) in [6.45, 7) is 4.66. The molecule has 0 unspecified atom stereocenters. The van der Waals surface area contributed by atoms with Crippen molar-refractivity contribution in [3.63, 3.8) is 0 Å². The Balaban J connectivity index is 3.16. The van der Waals surface area contributed by atoms with E-state index in [1.54, 1.807) is 20.8 Å². The summed E-state index contributed by atoms with van der Waals surface area (Å²) in [5, 5.41) is 11.0. The lowest BCUT2D eigenvalue weighted by atomic mass is 10.1. The van der Waals surface area contributed by atoms with E-state index in [1.165, 1.54) is 6.07 Å². The van der Waals surface area contributed by atoms with Crippen LogP contribution in [0.25, 0.3) is 0 Å². The summed E-state index contributed by atoms with van der Waals surface area (Å²) in [5.74, 6) is -1.53. The minimum Gasteiger partial charge on any atom is -0.395 e. The van der Waals surface area contributed by atoms with Gasteiger partial charge < -0.3 is 10.4 Å². The highest BCUT2D eigenvalue weighted by molar-refractivity contribution is 7.89. The summed E-state index contributed by atoms with van der Waals surface area (Å²) in [5.41, 5.74) is -0.778. The highest BCUT2D eigenvalue weighted by Crippen LogP contribution is 2.18. The molecule has 0 aromatic heterocycles. The van der Waals surface area contributed by atoms with Crippen molar-refractivity contribution in [1.29, 1.82) is 0 Å². The quantitative estimate of drug-likeness (QED) is 0.742. The Morgan fingerprint density at radius 3 is 2.48 bits per heavy atom. The van der Waals surface area contributed by atoms with Crippen molar-refractivity contribution in [1.82, 2.24) is 10.0 Å². The van der Waals surface area contributed by atoms with Gasteiger partial charge in [-0.1, -0.05) is 0 Å². The molecule has 0 fully saturated rings. The van der Waals surface area contributed by atoms with Gasteiger partial charge in [0.1, 0.15) is 10.7 Å². The van der Waals surface area contributed by atoms with Crippen molar-refractivity contribution in [2.24, 2.45) is 0 Å². The van der Waals surface area contributed by atoms with Gasteiger partial charge in [-0.05, 0) is 39.0 Å². The molecule has 1 rings (SSSR count). The van der Waals surface area contributed by atoms with E-state index in [0.29, 0.717) is 0 Å². The molecule has 0 aliphatic rings. The van der Waals surface area contributed by atoms with Gasteiger partial charge >= 0.3 is 0 Å². The topological polar surface area (TPSA) is 95.5 Å². The van der Waals surface area contributed by atoms with Crippen LogP contribution >= 0.6 is 0 Å². The van der Waals surface area contributed by atoms with Crippen molar-refractivity contribution in [3.05, 3.63) is 29.6 Å². The molecule has 0 saturated carbocycles. The van der Waals surface area contributed by atoms with Gasteiger partial charge in [-0.15, -0.1) is 0 Å². The molecule has 0 spiro atoms. The Labute approximate surface area is 123 Å². The smallest absolute Gasteiger partial charge is 0.251 e. The number of aliphatic hydroxyl groups excluding tert-OH is 1. The number of sulfonamides is 1. The average molecular weight is 318 g/mol. The monoisotopic (exact) mass is 318 g/mol. The molecule has 0 aliphatic heterocycles. The summed E-state index contributed by atoms with van der Waals surface area (Å²) in [7, 11) is -4.08. The van der Waals surface area contributed by atoms with Gasteiger partial charge in [0.25, 0.3) is 5.91 Å². The first kappa shape index (κ1) is 17.5. The number of amides is 1. The number of benzene rings is 1. The highest BCUT2D eigenvalue weighted by atomic mass is 32.2. The van der Waals surface area contributed by atoms with Crippen molar-refractivity contribution in [3.8, 4) is 0 Å². The predicted octanol–water partition coefficient (Wildman–Crippen LogP) is 0.625. The maximum atomic E-state index is 13.8. The van der Waals surface area contributed by atoms with Crippen LogP contribution in [0.15, 0.2) is 23.1 Å². The van der Waals surface area contributed by atoms with Crippen molar-refractivity contribution >= 4 is 15.9 Å². The zero-order valence-corrected chi connectivity index (χ0v) is 12.9. The second-order valence-electron chi connectivity index (χ2n) is 5.48. The lowest BCUT2D eigenvalue weighted by Crippen LogP contribution is -2.40. The number of hydrogen-bond acceptors (Lipinski definition) is 4. The third-order valence-corrected chi connectivity index (χ3v) is 4.09. The second kappa shape index (κ2) is 6.50. The van der Waals surface area contributed by atoms with Crippen molar-refractivity contribution in [2.75, 3.05) is 13.2 Å². The van der Waals surface area contributed by atoms with E-state index in [2.05, 4.69) is 10.0 Å². The molecule has 6 nitrogen and oxygen atoms in total. The summed E-state index contributed by atoms with van der Waals surface area (Å²) < 4.78 is 40.4. The number of halogens is 1. The first-order chi connectivity index (χ1) is 9.57. The molecule has 0 atom stereocenters. The van der Waals surface area contributed by atoms with Gasteiger partial charge in [-0.2, -0.15) is 0 Å². The van der Waals surface area contributed by atoms with E-state index >= 15 is 0 Å². The van der Waals surface area contributed by atoms with Crippen LogP contribution < -0.4 is 10.0 Å². The lowest BCUT2D eigenvalue weighted by molar-refractivity contribution is 0.0944. The Morgan fingerprint density at radius 2 is 1.95 bits per heavy atom. The Morgan fingerprint density at radius 1 is 1.33 bits per heavy atom. The fourth-order valence-corrected chi connectivity index (χ4v) is 3.10. The van der Waals surface area contributed by atoms with Crippen LogP contribution in [0.3, 0.4) is 0 Å². The Bertz CT molecular complexity index is 624. The van der Waals surface area contributed by atoms with Crippen LogP contribution in [0.5, 0.6) is 0 Å². The molecule has 1 aromatic carbocycles. The van der Waals surface area contributed by atoms with E-state index in [9.17, 15) is 17.6 Å². The number of aliphatic hydroxyl groups is 1. The van der Waals surface area contributed by atoms with E-state index in [-0.39, 0.29) is 18.7 Å². The fraction of sp³-hybridized carbons (Fsp3) is 0.462. The zero-order chi connectivity index (χ0) is 16.3. The lowest BCUT2D eigenvalue weighted by Gasteiger charge is -2.20. The number of hydrogen-bond donors (Lipinski definition) is 3. The van der Waals surface area contributed by atoms with Crippen molar-refractivity contribution in [2.45, 2.75) is 31.2 Å². The molecule has 0 aliphatic carbocycles. The van der Waals surface area contributed by atoms with Gasteiger partial charge in [0, 0.05) is 17.6 Å². The molecule has 0 heterocycles. The molecular formula is C13H19FN2O4S. The Kier molecular flexibility index (Phi) is 5.43. The molecule has 1 amide bonds. The second-order valence-corrected chi connectivity index (χ2v) is 7.13. The number of carbonyl (C=O) groups is 1. The molecule has 3 N–H and O–H groups in total. The maximum absolute atomic E-state index is 13.8. The van der Waals surface area contributed by atoms with Crippen LogP contribution in [0.1, 0.15) is 31.1 Å². The van der Waals surface area contributed by atoms with Gasteiger partial charge in [0.15, 0.2) is 0 Å². The van der Waals surface area contributed by atoms with E-state index in [1.807, 2.05) is 0 Å². The molecule has 118 valence electrons. The predicted molar refractivity (Wildman–Crippen MR) is 75.9 cm³/mol. The largest absolute Gasteiger partial charge is 0.395 e. The molecule has 0 saturated heterocycles. The number of rotatable bonds is 5. The fourth-order valence-electron chi connectivity index (χ4n) is 1.58. The normalized spacial score (nSPS) is 12.2. The minimum atomic E-state index is -4.08. The van der Waals surface area contributed by atoms with Crippen molar-refractivity contribution < 1.29 is 22.7 Å². The van der Waals surface area contributed by atoms with Gasteiger partial charge in [-0.3, -0.25) is 4.79 Å². The molecule has 0 bridgehead atoms. The van der Waals surface area contributed by atoms with E-state index in [4.69, 9.17) is 5.11 Å². The van der Waals surface area contributed by atoms with Crippen LogP contribution in [-0.2, 0) is 10.0 Å². The van der Waals surface area contributed by atoms with E-state index in [0.717, 1.165) is 12.1 Å². The molecule has 0 radical (unpaired) electrons. The summed E-state index contributed by atoms with van der Waals surface area (Å²) >= 11 is 0. The molecule has 1 aromatic rings. The average Bonchev–Trinajstić information content (AvgIpc) is 2.33. The zero-order valence-electron chi connectivity index (χ0n) is 12.1. The van der Waals surface area contributed by atoms with E-state index < -0.39 is 32.2 Å². The summed E-state index contributed by atoms with van der Waals surface area (Å²) in [6.07, 6.45) is 0. The first-order valence-electron chi connectivity index (χ1n) is 6.29. The number of carbonyl (C=O) groups excluding carboxylic acids is 1. The summed E-state index contributed by atoms with van der Waals surface area (Å²) in [6, 6.07) is 3.07. The van der Waals surface area contributed by atoms with Crippen LogP contribution in [0.4, 0.5) is 4.39 Å². The Hall–Kier alpha value is -1.51. The third-order valence-electron chi connectivity index (χ3n) is 2.32. The van der Waals surface area contributed by atoms with Crippen LogP contribution in [-0.4, -0.2) is 38.1 Å². The number of nitrogens with one attached hydrogen (secondary N) is 2. The minimum absolute atomic E-state index is 0.000802. The molecular weight excluding hydrogens is 299 g/mol. The molecule has 8 heteroatoms. The van der Waals surface area contributed by atoms with Gasteiger partial charge in [0.05, 0.1) is 6.61 Å². The standard InChI is InChI=1S/C13H19FN2O4S/c1-13(2,3)16-21(19,20)11-8-9(4-5-10(11)14)12(18)15-6-7-17/h4-5,8,16-17H,6-7H2,1-3H3,(H,15,18). The van der Waals surface area contributed by atoms with Gasteiger partial charge in [0.2, 0.25) is 10.0 Å². The highest BCUT2D eigenvalue weighted by Gasteiger charge is 2.26. The molecule has 21 heavy (non-hydrogen) atoms. The van der Waals surface area contributed by atoms with Gasteiger partial charge in [-0.25, -0.2) is 17.5 Å². The summed E-state index contributed by atoms with van der Waals surface area (Å²) in [4.78, 5) is 11.1. The third kappa shape index (κ3) is 5.07. The first-order valence-corrected chi connectivity index (χ1v) is 7.78. The maximum Gasteiger partial charge on any atom is 0.251 e. The van der Waals surface area contributed by atoms with Crippen LogP contribution in [0.2, 0.25) is 0 Å².